The Balaban J connectivity index is 2.79. The SMILES string of the molecule is Fc1c(F)c(F)c(-c2cc(Cl)ccc2OC(F)F)c(F)c1F. The Kier molecular flexibility index (Phi) is 4.50. The lowest BCUT2D eigenvalue weighted by Crippen LogP contribution is -2.07. The molecule has 1 nitrogen and oxygen atoms in total. The molecule has 0 aliphatic rings. The van der Waals surface area contributed by atoms with Crippen LogP contribution in [-0.4, -0.2) is 6.61 Å². The van der Waals surface area contributed by atoms with Gasteiger partial charge in [0.1, 0.15) is 5.75 Å². The van der Waals surface area contributed by atoms with E-state index in [4.69, 9.17) is 11.6 Å². The predicted octanol–water partition coefficient (Wildman–Crippen LogP) is 5.30. The number of benzene rings is 2. The van der Waals surface area contributed by atoms with Crippen LogP contribution in [-0.2, 0) is 0 Å². The predicted molar refractivity (Wildman–Crippen MR) is 63.3 cm³/mol. The molecule has 0 aliphatic carbocycles. The fraction of sp³-hybridized carbons (Fsp3) is 0.0769. The average Bonchev–Trinajstić information content (AvgIpc) is 2.45. The Labute approximate surface area is 123 Å². The maximum Gasteiger partial charge on any atom is 0.387 e. The van der Waals surface area contributed by atoms with Gasteiger partial charge in [0.05, 0.1) is 5.56 Å². The van der Waals surface area contributed by atoms with Crippen LogP contribution in [0, 0.1) is 29.1 Å². The second-order valence-corrected chi connectivity index (χ2v) is 4.40. The summed E-state index contributed by atoms with van der Waals surface area (Å²) >= 11 is 5.57. The first-order valence-electron chi connectivity index (χ1n) is 5.50. The molecule has 2 rings (SSSR count). The van der Waals surface area contributed by atoms with Crippen molar-refractivity contribution in [3.05, 3.63) is 52.3 Å². The van der Waals surface area contributed by atoms with Crippen LogP contribution in [0.25, 0.3) is 11.1 Å². The first-order chi connectivity index (χ1) is 10.2. The maximum absolute atomic E-state index is 13.7. The molecule has 0 radical (unpaired) electrons. The third-order valence-electron chi connectivity index (χ3n) is 2.64. The molecule has 118 valence electrons. The first-order valence-corrected chi connectivity index (χ1v) is 5.88. The summed E-state index contributed by atoms with van der Waals surface area (Å²) in [6.07, 6.45) is 0. The Morgan fingerprint density at radius 2 is 1.32 bits per heavy atom. The van der Waals surface area contributed by atoms with Crippen molar-refractivity contribution in [3.8, 4) is 16.9 Å². The third-order valence-corrected chi connectivity index (χ3v) is 2.87. The zero-order chi connectivity index (χ0) is 16.6. The van der Waals surface area contributed by atoms with E-state index in [1.54, 1.807) is 0 Å². The molecule has 0 saturated carbocycles. The van der Waals surface area contributed by atoms with Gasteiger partial charge in [0, 0.05) is 10.6 Å². The summed E-state index contributed by atoms with van der Waals surface area (Å²) in [6, 6.07) is 2.62. The van der Waals surface area contributed by atoms with E-state index >= 15 is 0 Å². The van der Waals surface area contributed by atoms with Gasteiger partial charge in [-0.15, -0.1) is 0 Å². The molecule has 0 saturated heterocycles. The van der Waals surface area contributed by atoms with Gasteiger partial charge in [-0.3, -0.25) is 0 Å². The summed E-state index contributed by atoms with van der Waals surface area (Å²) in [4.78, 5) is 0. The molecule has 0 heterocycles. The number of alkyl halides is 2. The van der Waals surface area contributed by atoms with Gasteiger partial charge in [-0.1, -0.05) is 11.6 Å². The lowest BCUT2D eigenvalue weighted by atomic mass is 10.0. The van der Waals surface area contributed by atoms with Gasteiger partial charge in [-0.05, 0) is 18.2 Å². The average molecular weight is 345 g/mol. The number of halogens is 8. The summed E-state index contributed by atoms with van der Waals surface area (Å²) in [5, 5.41) is -0.180. The smallest absolute Gasteiger partial charge is 0.387 e. The van der Waals surface area contributed by atoms with Gasteiger partial charge in [0.2, 0.25) is 5.82 Å². The van der Waals surface area contributed by atoms with Gasteiger partial charge in [0.15, 0.2) is 23.3 Å². The molecule has 22 heavy (non-hydrogen) atoms. The van der Waals surface area contributed by atoms with Gasteiger partial charge < -0.3 is 4.74 Å². The highest BCUT2D eigenvalue weighted by Gasteiger charge is 2.28. The molecule has 2 aromatic rings. The number of hydrogen-bond acceptors (Lipinski definition) is 1. The van der Waals surface area contributed by atoms with Gasteiger partial charge >= 0.3 is 6.61 Å². The zero-order valence-corrected chi connectivity index (χ0v) is 11.0. The van der Waals surface area contributed by atoms with Crippen molar-refractivity contribution in [3.63, 3.8) is 0 Å². The molecule has 0 unspecified atom stereocenters. The Morgan fingerprint density at radius 3 is 1.82 bits per heavy atom. The lowest BCUT2D eigenvalue weighted by Gasteiger charge is -2.13. The summed E-state index contributed by atoms with van der Waals surface area (Å²) in [5.74, 6) is -11.9. The van der Waals surface area contributed by atoms with E-state index in [2.05, 4.69) is 4.74 Å². The Hall–Kier alpha value is -1.96. The van der Waals surface area contributed by atoms with Crippen molar-refractivity contribution >= 4 is 11.6 Å². The van der Waals surface area contributed by atoms with E-state index in [0.717, 1.165) is 18.2 Å². The van der Waals surface area contributed by atoms with E-state index < -0.39 is 52.6 Å². The van der Waals surface area contributed by atoms with Gasteiger partial charge in [-0.25, -0.2) is 22.0 Å². The maximum atomic E-state index is 13.7. The minimum absolute atomic E-state index is 0.180. The number of ether oxygens (including phenoxy) is 1. The Morgan fingerprint density at radius 1 is 0.818 bits per heavy atom. The van der Waals surface area contributed by atoms with Crippen molar-refractivity contribution in [1.29, 1.82) is 0 Å². The van der Waals surface area contributed by atoms with E-state index in [1.165, 1.54) is 0 Å². The summed E-state index contributed by atoms with van der Waals surface area (Å²) in [6.45, 7) is -3.37. The number of hydrogen-bond donors (Lipinski definition) is 0. The molecule has 0 bridgehead atoms. The second-order valence-electron chi connectivity index (χ2n) is 3.96. The first kappa shape index (κ1) is 16.4. The monoisotopic (exact) mass is 344 g/mol. The third kappa shape index (κ3) is 2.83. The molecule has 0 atom stereocenters. The molecule has 0 fully saturated rings. The van der Waals surface area contributed by atoms with Crippen LogP contribution in [0.15, 0.2) is 18.2 Å². The van der Waals surface area contributed by atoms with Crippen molar-refractivity contribution < 1.29 is 35.5 Å². The van der Waals surface area contributed by atoms with Crippen LogP contribution in [0.1, 0.15) is 0 Å². The highest BCUT2D eigenvalue weighted by molar-refractivity contribution is 6.31. The van der Waals surface area contributed by atoms with Crippen molar-refractivity contribution in [1.82, 2.24) is 0 Å². The van der Waals surface area contributed by atoms with Crippen LogP contribution >= 0.6 is 11.6 Å². The van der Waals surface area contributed by atoms with Crippen molar-refractivity contribution in [2.75, 3.05) is 0 Å². The highest BCUT2D eigenvalue weighted by Crippen LogP contribution is 2.38. The van der Waals surface area contributed by atoms with Crippen molar-refractivity contribution in [2.45, 2.75) is 6.61 Å². The largest absolute Gasteiger partial charge is 0.434 e. The standard InChI is InChI=1S/C13H4ClF7O/c14-4-1-2-6(22-13(20)21)5(3-4)7-8(15)10(17)12(19)11(18)9(7)16/h1-3,13H. The molecule has 2 aromatic carbocycles. The van der Waals surface area contributed by atoms with Crippen LogP contribution in [0.5, 0.6) is 5.75 Å². The van der Waals surface area contributed by atoms with E-state index in [0.29, 0.717) is 0 Å². The van der Waals surface area contributed by atoms with E-state index in [-0.39, 0.29) is 5.02 Å². The van der Waals surface area contributed by atoms with E-state index in [1.807, 2.05) is 0 Å². The topological polar surface area (TPSA) is 9.23 Å². The molecular formula is C13H4ClF7O. The van der Waals surface area contributed by atoms with Gasteiger partial charge in [0.25, 0.3) is 0 Å². The lowest BCUT2D eigenvalue weighted by molar-refractivity contribution is -0.0494. The van der Waals surface area contributed by atoms with Crippen LogP contribution in [0.2, 0.25) is 5.02 Å². The molecule has 0 N–H and O–H groups in total. The zero-order valence-electron chi connectivity index (χ0n) is 10.2. The van der Waals surface area contributed by atoms with Crippen LogP contribution in [0.3, 0.4) is 0 Å². The normalized spacial score (nSPS) is 11.1. The molecular weight excluding hydrogens is 341 g/mol. The number of rotatable bonds is 3. The molecule has 0 amide bonds. The quantitative estimate of drug-likeness (QED) is 0.417. The minimum atomic E-state index is -3.37. The molecule has 0 spiro atoms. The molecule has 9 heteroatoms. The molecule has 0 aliphatic heterocycles. The minimum Gasteiger partial charge on any atom is -0.434 e. The summed E-state index contributed by atoms with van der Waals surface area (Å²) < 4.78 is 95.4. The Bertz CT molecular complexity index is 704. The summed E-state index contributed by atoms with van der Waals surface area (Å²) in [5.41, 5.74) is -2.20. The van der Waals surface area contributed by atoms with Crippen LogP contribution < -0.4 is 4.74 Å². The fourth-order valence-electron chi connectivity index (χ4n) is 1.74. The highest BCUT2D eigenvalue weighted by atomic mass is 35.5. The second kappa shape index (κ2) is 6.04. The molecule has 0 aromatic heterocycles. The van der Waals surface area contributed by atoms with Crippen LogP contribution in [0.4, 0.5) is 30.7 Å². The summed E-state index contributed by atoms with van der Waals surface area (Å²) in [7, 11) is 0. The van der Waals surface area contributed by atoms with Crippen molar-refractivity contribution in [2.24, 2.45) is 0 Å². The fourth-order valence-corrected chi connectivity index (χ4v) is 1.91. The van der Waals surface area contributed by atoms with Gasteiger partial charge in [-0.2, -0.15) is 8.78 Å². The van der Waals surface area contributed by atoms with E-state index in [9.17, 15) is 30.7 Å².